The zero-order valence-corrected chi connectivity index (χ0v) is 24.2. The Kier molecular flexibility index (Phi) is 9.29. The number of amides is 2. The predicted octanol–water partition coefficient (Wildman–Crippen LogP) is 6.24. The smallest absolute Gasteiger partial charge is 0.260 e. The molecule has 0 radical (unpaired) electrons. The summed E-state index contributed by atoms with van der Waals surface area (Å²) < 4.78 is 24.1. The second-order valence-electron chi connectivity index (χ2n) is 10.4. The van der Waals surface area contributed by atoms with E-state index in [4.69, 9.17) is 9.47 Å². The Hall–Kier alpha value is -3.78. The lowest BCUT2D eigenvalue weighted by Crippen LogP contribution is -2.50. The molecule has 1 saturated heterocycles. The number of ether oxygens (including phenoxy) is 2. The van der Waals surface area contributed by atoms with Crippen LogP contribution in [0.2, 0.25) is 0 Å². The van der Waals surface area contributed by atoms with Crippen LogP contribution in [-0.4, -0.2) is 48.8 Å². The van der Waals surface area contributed by atoms with Crippen molar-refractivity contribution in [2.24, 2.45) is 0 Å². The van der Waals surface area contributed by atoms with E-state index in [1.54, 1.807) is 50.2 Å². The first-order chi connectivity index (χ1) is 19.9. The van der Waals surface area contributed by atoms with E-state index >= 15 is 0 Å². The number of hydrogen-bond donors (Lipinski definition) is 1. The van der Waals surface area contributed by atoms with Gasteiger partial charge in [-0.05, 0) is 78.4 Å². The van der Waals surface area contributed by atoms with Crippen LogP contribution in [0.4, 0.5) is 4.39 Å². The minimum absolute atomic E-state index is 0.0134. The van der Waals surface area contributed by atoms with E-state index in [0.29, 0.717) is 46.7 Å². The molecule has 1 N–H and O–H groups in total. The largest absolute Gasteiger partial charge is 0.493 e. The molecular weight excluding hydrogens is 539 g/mol. The summed E-state index contributed by atoms with van der Waals surface area (Å²) in [5.74, 6) is 0.916. The van der Waals surface area contributed by atoms with Gasteiger partial charge in [0.15, 0.2) is 11.5 Å². The van der Waals surface area contributed by atoms with Crippen LogP contribution in [0, 0.1) is 5.82 Å². The zero-order chi connectivity index (χ0) is 28.8. The van der Waals surface area contributed by atoms with Crippen molar-refractivity contribution in [3.63, 3.8) is 0 Å². The molecule has 3 aromatic rings. The van der Waals surface area contributed by atoms with Gasteiger partial charge in [-0.2, -0.15) is 0 Å². The Labute approximate surface area is 244 Å². The maximum absolute atomic E-state index is 13.6. The molecule has 2 amide bonds. The fourth-order valence-corrected chi connectivity index (χ4v) is 6.96. The number of nitrogens with one attached hydrogen (secondary N) is 1. The maximum Gasteiger partial charge on any atom is 0.260 e. The van der Waals surface area contributed by atoms with E-state index in [0.717, 1.165) is 42.4 Å². The van der Waals surface area contributed by atoms with Crippen LogP contribution in [0.3, 0.4) is 0 Å². The quantitative estimate of drug-likeness (QED) is 0.307. The Bertz CT molecular complexity index is 1410. The summed E-state index contributed by atoms with van der Waals surface area (Å²) in [6.07, 6.45) is 6.93. The SMILES string of the molecule is COc1ccc(CCNC(=O)c2ccc(/C=C3\SC4CCCCC4N(Cc4ccc(F)cc4)C3=O)cc2)cc1OC. The van der Waals surface area contributed by atoms with Gasteiger partial charge in [-0.15, -0.1) is 11.8 Å². The number of benzene rings is 3. The van der Waals surface area contributed by atoms with Crippen LogP contribution in [0.1, 0.15) is 52.7 Å². The van der Waals surface area contributed by atoms with Crippen LogP contribution in [0.5, 0.6) is 11.5 Å². The van der Waals surface area contributed by atoms with E-state index in [1.807, 2.05) is 41.3 Å². The number of methoxy groups -OCH3 is 2. The minimum atomic E-state index is -0.277. The lowest BCUT2D eigenvalue weighted by molar-refractivity contribution is -0.130. The third kappa shape index (κ3) is 6.93. The van der Waals surface area contributed by atoms with Crippen molar-refractivity contribution in [3.8, 4) is 11.5 Å². The van der Waals surface area contributed by atoms with Crippen LogP contribution in [0.25, 0.3) is 6.08 Å². The Balaban J connectivity index is 1.23. The molecule has 0 aromatic heterocycles. The molecule has 2 unspecified atom stereocenters. The van der Waals surface area contributed by atoms with Crippen molar-refractivity contribution in [2.75, 3.05) is 20.8 Å². The van der Waals surface area contributed by atoms with E-state index in [-0.39, 0.29) is 23.7 Å². The molecule has 41 heavy (non-hydrogen) atoms. The topological polar surface area (TPSA) is 67.9 Å². The second-order valence-corrected chi connectivity index (χ2v) is 11.7. The molecule has 214 valence electrons. The molecule has 1 saturated carbocycles. The molecule has 1 heterocycles. The first kappa shape index (κ1) is 28.7. The monoisotopic (exact) mass is 574 g/mol. The molecule has 5 rings (SSSR count). The highest BCUT2D eigenvalue weighted by molar-refractivity contribution is 8.04. The van der Waals surface area contributed by atoms with Gasteiger partial charge in [0.2, 0.25) is 0 Å². The average molecular weight is 575 g/mol. The summed E-state index contributed by atoms with van der Waals surface area (Å²) >= 11 is 1.67. The Morgan fingerprint density at radius 2 is 1.68 bits per heavy atom. The summed E-state index contributed by atoms with van der Waals surface area (Å²) in [6.45, 7) is 0.957. The van der Waals surface area contributed by atoms with Crippen LogP contribution in [-0.2, 0) is 17.8 Å². The third-order valence-corrected chi connectivity index (χ3v) is 9.10. The number of nitrogens with zero attached hydrogens (tertiary/aromatic N) is 1. The van der Waals surface area contributed by atoms with Gasteiger partial charge in [-0.25, -0.2) is 4.39 Å². The molecular formula is C33H35FN2O4S. The van der Waals surface area contributed by atoms with Crippen molar-refractivity contribution in [1.29, 1.82) is 0 Å². The number of rotatable bonds is 9. The van der Waals surface area contributed by atoms with E-state index in [1.165, 1.54) is 12.1 Å². The molecule has 3 aromatic carbocycles. The molecule has 1 aliphatic heterocycles. The number of carbonyl (C=O) groups is 2. The van der Waals surface area contributed by atoms with Crippen molar-refractivity contribution in [2.45, 2.75) is 49.9 Å². The van der Waals surface area contributed by atoms with Crippen LogP contribution in [0.15, 0.2) is 71.6 Å². The molecule has 2 atom stereocenters. The Morgan fingerprint density at radius 1 is 0.976 bits per heavy atom. The van der Waals surface area contributed by atoms with Gasteiger partial charge < -0.3 is 19.7 Å². The first-order valence-electron chi connectivity index (χ1n) is 14.0. The molecule has 2 fully saturated rings. The number of halogens is 1. The zero-order valence-electron chi connectivity index (χ0n) is 23.4. The number of carbonyl (C=O) groups excluding carboxylic acids is 2. The molecule has 8 heteroatoms. The van der Waals surface area contributed by atoms with Crippen molar-refractivity contribution >= 4 is 29.7 Å². The lowest BCUT2D eigenvalue weighted by Gasteiger charge is -2.44. The summed E-state index contributed by atoms with van der Waals surface area (Å²) in [5.41, 5.74) is 3.40. The summed E-state index contributed by atoms with van der Waals surface area (Å²) in [7, 11) is 3.20. The fourth-order valence-electron chi connectivity index (χ4n) is 5.49. The summed E-state index contributed by atoms with van der Waals surface area (Å²) in [6, 6.07) is 19.6. The maximum atomic E-state index is 13.6. The van der Waals surface area contributed by atoms with Crippen molar-refractivity contribution < 1.29 is 23.5 Å². The highest BCUT2D eigenvalue weighted by atomic mass is 32.2. The van der Waals surface area contributed by atoms with Gasteiger partial charge in [-0.3, -0.25) is 9.59 Å². The van der Waals surface area contributed by atoms with Crippen LogP contribution >= 0.6 is 11.8 Å². The van der Waals surface area contributed by atoms with Gasteiger partial charge in [0.05, 0.1) is 19.1 Å². The lowest BCUT2D eigenvalue weighted by atomic mass is 9.92. The minimum Gasteiger partial charge on any atom is -0.493 e. The fraction of sp³-hybridized carbons (Fsp3) is 0.333. The van der Waals surface area contributed by atoms with Gasteiger partial charge in [-0.1, -0.05) is 43.2 Å². The molecule has 0 spiro atoms. The molecule has 2 aliphatic rings. The van der Waals surface area contributed by atoms with Crippen molar-refractivity contribution in [3.05, 3.63) is 99.7 Å². The number of fused-ring (bicyclic) bond motifs is 1. The first-order valence-corrected chi connectivity index (χ1v) is 14.9. The highest BCUT2D eigenvalue weighted by Crippen LogP contribution is 2.42. The average Bonchev–Trinajstić information content (AvgIpc) is 3.00. The van der Waals surface area contributed by atoms with Gasteiger partial charge in [0, 0.05) is 29.9 Å². The van der Waals surface area contributed by atoms with E-state index in [2.05, 4.69) is 5.32 Å². The van der Waals surface area contributed by atoms with E-state index in [9.17, 15) is 14.0 Å². The number of thioether (sulfide) groups is 1. The third-order valence-electron chi connectivity index (χ3n) is 7.70. The van der Waals surface area contributed by atoms with Gasteiger partial charge in [0.1, 0.15) is 5.82 Å². The summed E-state index contributed by atoms with van der Waals surface area (Å²) in [4.78, 5) is 29.1. The van der Waals surface area contributed by atoms with Gasteiger partial charge in [0.25, 0.3) is 11.8 Å². The second kappa shape index (κ2) is 13.3. The van der Waals surface area contributed by atoms with E-state index < -0.39 is 0 Å². The number of hydrogen-bond acceptors (Lipinski definition) is 5. The van der Waals surface area contributed by atoms with Crippen LogP contribution < -0.4 is 14.8 Å². The van der Waals surface area contributed by atoms with Crippen molar-refractivity contribution in [1.82, 2.24) is 10.2 Å². The normalized spacial score (nSPS) is 19.5. The Morgan fingerprint density at radius 3 is 2.41 bits per heavy atom. The predicted molar refractivity (Wildman–Crippen MR) is 161 cm³/mol. The molecule has 1 aliphatic carbocycles. The molecule has 6 nitrogen and oxygen atoms in total. The molecule has 0 bridgehead atoms. The van der Waals surface area contributed by atoms with Gasteiger partial charge >= 0.3 is 0 Å². The highest BCUT2D eigenvalue weighted by Gasteiger charge is 2.40. The standard InChI is InChI=1S/C33H35FN2O4S/c1-39-28-16-11-23(19-29(28)40-2)17-18-35-32(37)25-12-7-22(8-13-25)20-31-33(38)36(21-24-9-14-26(34)15-10-24)27-5-3-4-6-30(27)41-31/h7-16,19-20,27,30H,3-6,17-18,21H2,1-2H3,(H,35,37)/b31-20-. The summed E-state index contributed by atoms with van der Waals surface area (Å²) in [5, 5.41) is 3.32.